The maximum absolute atomic E-state index is 11.7. The van der Waals surface area contributed by atoms with Crippen LogP contribution in [0.4, 0.5) is 0 Å². The van der Waals surface area contributed by atoms with Gasteiger partial charge in [0.05, 0.1) is 0 Å². The van der Waals surface area contributed by atoms with Crippen molar-refractivity contribution in [3.05, 3.63) is 84.1 Å². The zero-order valence-electron chi connectivity index (χ0n) is 11.5. The summed E-state index contributed by atoms with van der Waals surface area (Å²) >= 11 is 0. The Morgan fingerprint density at radius 1 is 0.905 bits per heavy atom. The van der Waals surface area contributed by atoms with Gasteiger partial charge in [-0.05, 0) is 17.7 Å². The standard InChI is InChI=1S/C17H16N2O2/c20-16(19-13-14-7-3-1-4-8-14)11-12-18-17(21)15-9-5-2-6-10-15/h1-12H,13H2,(H,18,21)(H,19,20)/b12-11+. The van der Waals surface area contributed by atoms with Crippen LogP contribution in [0.3, 0.4) is 0 Å². The van der Waals surface area contributed by atoms with Gasteiger partial charge < -0.3 is 10.6 Å². The summed E-state index contributed by atoms with van der Waals surface area (Å²) in [5, 5.41) is 5.28. The van der Waals surface area contributed by atoms with Gasteiger partial charge in [0, 0.05) is 24.4 Å². The smallest absolute Gasteiger partial charge is 0.255 e. The number of carbonyl (C=O) groups excluding carboxylic acids is 2. The molecule has 2 rings (SSSR count). The SMILES string of the molecule is O=C(/C=C/NC(=O)c1ccccc1)NCc1ccccc1. The summed E-state index contributed by atoms with van der Waals surface area (Å²) in [4.78, 5) is 23.3. The zero-order valence-corrected chi connectivity index (χ0v) is 11.5. The lowest BCUT2D eigenvalue weighted by molar-refractivity contribution is -0.116. The van der Waals surface area contributed by atoms with E-state index in [1.54, 1.807) is 24.3 Å². The topological polar surface area (TPSA) is 58.2 Å². The molecule has 0 unspecified atom stereocenters. The molecule has 4 heteroatoms. The van der Waals surface area contributed by atoms with Crippen molar-refractivity contribution in [1.29, 1.82) is 0 Å². The molecule has 0 bridgehead atoms. The fourth-order valence-corrected chi connectivity index (χ4v) is 1.71. The number of rotatable bonds is 5. The predicted molar refractivity (Wildman–Crippen MR) is 81.3 cm³/mol. The highest BCUT2D eigenvalue weighted by Crippen LogP contribution is 1.98. The molecule has 2 aromatic carbocycles. The van der Waals surface area contributed by atoms with Crippen LogP contribution in [0.15, 0.2) is 72.9 Å². The molecule has 0 aromatic heterocycles. The molecule has 0 fully saturated rings. The van der Waals surface area contributed by atoms with Gasteiger partial charge in [0.1, 0.15) is 0 Å². The third-order valence-corrected chi connectivity index (χ3v) is 2.79. The van der Waals surface area contributed by atoms with E-state index in [0.29, 0.717) is 12.1 Å². The molecule has 0 aliphatic carbocycles. The summed E-state index contributed by atoms with van der Waals surface area (Å²) in [5.41, 5.74) is 1.57. The molecule has 4 nitrogen and oxygen atoms in total. The maximum atomic E-state index is 11.7. The zero-order chi connectivity index (χ0) is 14.9. The Morgan fingerprint density at radius 3 is 2.19 bits per heavy atom. The van der Waals surface area contributed by atoms with Gasteiger partial charge >= 0.3 is 0 Å². The van der Waals surface area contributed by atoms with Crippen molar-refractivity contribution >= 4 is 11.8 Å². The van der Waals surface area contributed by atoms with E-state index in [-0.39, 0.29) is 11.8 Å². The Bertz CT molecular complexity index is 622. The molecule has 0 heterocycles. The fraction of sp³-hybridized carbons (Fsp3) is 0.0588. The van der Waals surface area contributed by atoms with Crippen molar-refractivity contribution < 1.29 is 9.59 Å². The summed E-state index contributed by atoms with van der Waals surface area (Å²) in [5.74, 6) is -0.505. The van der Waals surface area contributed by atoms with Crippen LogP contribution in [-0.4, -0.2) is 11.8 Å². The van der Waals surface area contributed by atoms with Crippen LogP contribution in [0, 0.1) is 0 Å². The van der Waals surface area contributed by atoms with Crippen molar-refractivity contribution in [2.45, 2.75) is 6.54 Å². The first-order valence-corrected chi connectivity index (χ1v) is 6.60. The molecule has 106 valence electrons. The van der Waals surface area contributed by atoms with Crippen LogP contribution < -0.4 is 10.6 Å². The van der Waals surface area contributed by atoms with E-state index in [1.807, 2.05) is 36.4 Å². The highest BCUT2D eigenvalue weighted by Gasteiger charge is 2.01. The molecule has 0 atom stereocenters. The number of nitrogens with one attached hydrogen (secondary N) is 2. The second-order valence-corrected chi connectivity index (χ2v) is 4.38. The van der Waals surface area contributed by atoms with Gasteiger partial charge in [0.2, 0.25) is 5.91 Å². The minimum atomic E-state index is -0.257. The molecule has 0 aliphatic rings. The Kier molecular flexibility index (Phi) is 5.29. The number of hydrogen-bond acceptors (Lipinski definition) is 2. The lowest BCUT2D eigenvalue weighted by Gasteiger charge is -2.02. The molecule has 0 radical (unpaired) electrons. The van der Waals surface area contributed by atoms with Crippen molar-refractivity contribution in [1.82, 2.24) is 10.6 Å². The number of carbonyl (C=O) groups is 2. The lowest BCUT2D eigenvalue weighted by atomic mass is 10.2. The Morgan fingerprint density at radius 2 is 1.52 bits per heavy atom. The average Bonchev–Trinajstić information content (AvgIpc) is 2.54. The van der Waals surface area contributed by atoms with E-state index in [2.05, 4.69) is 10.6 Å². The van der Waals surface area contributed by atoms with Gasteiger partial charge in [-0.1, -0.05) is 48.5 Å². The third kappa shape index (κ3) is 4.95. The minimum Gasteiger partial charge on any atom is -0.348 e. The van der Waals surface area contributed by atoms with Crippen LogP contribution in [0.5, 0.6) is 0 Å². The molecule has 2 N–H and O–H groups in total. The highest BCUT2D eigenvalue weighted by atomic mass is 16.2. The minimum absolute atomic E-state index is 0.247. The molecular formula is C17H16N2O2. The van der Waals surface area contributed by atoms with Crippen LogP contribution in [0.25, 0.3) is 0 Å². The van der Waals surface area contributed by atoms with Gasteiger partial charge in [-0.15, -0.1) is 0 Å². The lowest BCUT2D eigenvalue weighted by Crippen LogP contribution is -2.22. The third-order valence-electron chi connectivity index (χ3n) is 2.79. The van der Waals surface area contributed by atoms with Crippen molar-refractivity contribution in [2.24, 2.45) is 0 Å². The van der Waals surface area contributed by atoms with E-state index in [4.69, 9.17) is 0 Å². The monoisotopic (exact) mass is 280 g/mol. The first-order chi connectivity index (χ1) is 10.3. The van der Waals surface area contributed by atoms with Gasteiger partial charge in [-0.3, -0.25) is 9.59 Å². The van der Waals surface area contributed by atoms with Gasteiger partial charge in [-0.2, -0.15) is 0 Å². The summed E-state index contributed by atoms with van der Waals surface area (Å²) in [6.45, 7) is 0.455. The number of hydrogen-bond donors (Lipinski definition) is 2. The van der Waals surface area contributed by atoms with Gasteiger partial charge in [0.25, 0.3) is 5.91 Å². The Labute approximate surface area is 123 Å². The van der Waals surface area contributed by atoms with E-state index in [9.17, 15) is 9.59 Å². The largest absolute Gasteiger partial charge is 0.348 e. The predicted octanol–water partition coefficient (Wildman–Crippen LogP) is 2.25. The van der Waals surface area contributed by atoms with E-state index < -0.39 is 0 Å². The molecule has 0 saturated carbocycles. The average molecular weight is 280 g/mol. The summed E-state index contributed by atoms with van der Waals surface area (Å²) in [6.07, 6.45) is 2.64. The molecular weight excluding hydrogens is 264 g/mol. The van der Waals surface area contributed by atoms with Gasteiger partial charge in [0.15, 0.2) is 0 Å². The Balaban J connectivity index is 1.76. The normalized spacial score (nSPS) is 10.3. The van der Waals surface area contributed by atoms with E-state index in [0.717, 1.165) is 5.56 Å². The first kappa shape index (κ1) is 14.5. The highest BCUT2D eigenvalue weighted by molar-refractivity contribution is 5.95. The van der Waals surface area contributed by atoms with E-state index in [1.165, 1.54) is 12.3 Å². The molecule has 21 heavy (non-hydrogen) atoms. The maximum Gasteiger partial charge on any atom is 0.255 e. The van der Waals surface area contributed by atoms with Crippen LogP contribution in [-0.2, 0) is 11.3 Å². The number of benzene rings is 2. The molecule has 2 aromatic rings. The Hall–Kier alpha value is -2.88. The fourth-order valence-electron chi connectivity index (χ4n) is 1.71. The number of amides is 2. The van der Waals surface area contributed by atoms with Crippen LogP contribution in [0.2, 0.25) is 0 Å². The molecule has 0 spiro atoms. The first-order valence-electron chi connectivity index (χ1n) is 6.60. The quantitative estimate of drug-likeness (QED) is 0.825. The molecule has 0 aliphatic heterocycles. The summed E-state index contributed by atoms with van der Waals surface area (Å²) < 4.78 is 0. The summed E-state index contributed by atoms with van der Waals surface area (Å²) in [7, 11) is 0. The molecule has 2 amide bonds. The summed E-state index contributed by atoms with van der Waals surface area (Å²) in [6, 6.07) is 18.4. The van der Waals surface area contributed by atoms with Crippen molar-refractivity contribution in [2.75, 3.05) is 0 Å². The van der Waals surface area contributed by atoms with E-state index >= 15 is 0 Å². The van der Waals surface area contributed by atoms with Crippen LogP contribution >= 0.6 is 0 Å². The molecule has 0 saturated heterocycles. The van der Waals surface area contributed by atoms with Crippen molar-refractivity contribution in [3.63, 3.8) is 0 Å². The van der Waals surface area contributed by atoms with Crippen LogP contribution in [0.1, 0.15) is 15.9 Å². The van der Waals surface area contributed by atoms with Crippen molar-refractivity contribution in [3.8, 4) is 0 Å². The van der Waals surface area contributed by atoms with Gasteiger partial charge in [-0.25, -0.2) is 0 Å². The second kappa shape index (κ2) is 7.65. The second-order valence-electron chi connectivity index (χ2n) is 4.38.